The van der Waals surface area contributed by atoms with Crippen molar-refractivity contribution in [3.63, 3.8) is 0 Å². The van der Waals surface area contributed by atoms with Crippen molar-refractivity contribution in [2.45, 2.75) is 19.3 Å². The largest absolute Gasteiger partial charge is 0.385 e. The zero-order chi connectivity index (χ0) is 7.23. The van der Waals surface area contributed by atoms with E-state index in [0.717, 1.165) is 12.5 Å². The quantitative estimate of drug-likeness (QED) is 0.708. The first-order valence-electron chi connectivity index (χ1n) is 4.13. The summed E-state index contributed by atoms with van der Waals surface area (Å²) in [7, 11) is 1.77. The van der Waals surface area contributed by atoms with Crippen LogP contribution in [0.3, 0.4) is 0 Å². The van der Waals surface area contributed by atoms with E-state index in [1.165, 1.54) is 32.4 Å². The zero-order valence-corrected chi connectivity index (χ0v) is 7.95. The Balaban J connectivity index is 0.000001000. The fourth-order valence-electron chi connectivity index (χ4n) is 1.45. The number of halogens is 1. The van der Waals surface area contributed by atoms with Gasteiger partial charge in [-0.05, 0) is 38.3 Å². The number of ether oxygens (including phenoxy) is 1. The molecule has 0 bridgehead atoms. The number of methoxy groups -OCH3 is 1. The van der Waals surface area contributed by atoms with E-state index in [9.17, 15) is 0 Å². The molecule has 0 aromatic heterocycles. The molecule has 11 heavy (non-hydrogen) atoms. The van der Waals surface area contributed by atoms with Crippen molar-refractivity contribution in [3.05, 3.63) is 0 Å². The van der Waals surface area contributed by atoms with Crippen molar-refractivity contribution in [3.8, 4) is 0 Å². The van der Waals surface area contributed by atoms with Crippen LogP contribution < -0.4 is 5.32 Å². The second kappa shape index (κ2) is 6.89. The molecule has 1 saturated heterocycles. The van der Waals surface area contributed by atoms with Crippen molar-refractivity contribution in [1.82, 2.24) is 5.32 Å². The molecule has 68 valence electrons. The van der Waals surface area contributed by atoms with E-state index in [1.807, 2.05) is 0 Å². The number of piperidine rings is 1. The van der Waals surface area contributed by atoms with Crippen molar-refractivity contribution >= 4 is 12.4 Å². The average Bonchev–Trinajstić information content (AvgIpc) is 2.03. The van der Waals surface area contributed by atoms with Crippen LogP contribution in [0.1, 0.15) is 19.3 Å². The highest BCUT2D eigenvalue weighted by Crippen LogP contribution is 2.13. The molecule has 1 heterocycles. The van der Waals surface area contributed by atoms with Crippen molar-refractivity contribution in [1.29, 1.82) is 0 Å². The smallest absolute Gasteiger partial charge is 0.0465 e. The molecule has 0 radical (unpaired) electrons. The van der Waals surface area contributed by atoms with Crippen LogP contribution in [-0.2, 0) is 4.74 Å². The van der Waals surface area contributed by atoms with Gasteiger partial charge in [0.1, 0.15) is 0 Å². The molecule has 1 atom stereocenters. The summed E-state index contributed by atoms with van der Waals surface area (Å²) >= 11 is 0. The molecule has 0 aliphatic carbocycles. The Morgan fingerprint density at radius 3 is 2.91 bits per heavy atom. The summed E-state index contributed by atoms with van der Waals surface area (Å²) in [4.78, 5) is 0. The van der Waals surface area contributed by atoms with Crippen LogP contribution in [0.25, 0.3) is 0 Å². The summed E-state index contributed by atoms with van der Waals surface area (Å²) in [6.45, 7) is 3.33. The lowest BCUT2D eigenvalue weighted by atomic mass is 9.97. The van der Waals surface area contributed by atoms with Crippen molar-refractivity contribution in [2.24, 2.45) is 5.92 Å². The van der Waals surface area contributed by atoms with Crippen LogP contribution >= 0.6 is 12.4 Å². The molecule has 0 spiro atoms. The lowest BCUT2D eigenvalue weighted by molar-refractivity contribution is 0.169. The van der Waals surface area contributed by atoms with Gasteiger partial charge in [0, 0.05) is 13.7 Å². The highest BCUT2D eigenvalue weighted by Gasteiger charge is 2.11. The number of rotatable bonds is 3. The molecule has 0 saturated carbocycles. The van der Waals surface area contributed by atoms with Gasteiger partial charge in [-0.15, -0.1) is 12.4 Å². The lowest BCUT2D eigenvalue weighted by Gasteiger charge is -2.21. The first-order chi connectivity index (χ1) is 4.93. The molecule has 1 rings (SSSR count). The third kappa shape index (κ3) is 4.62. The molecular weight excluding hydrogens is 162 g/mol. The number of hydrogen-bond donors (Lipinski definition) is 1. The van der Waals surface area contributed by atoms with E-state index in [2.05, 4.69) is 5.32 Å². The zero-order valence-electron chi connectivity index (χ0n) is 7.14. The Bertz CT molecular complexity index is 84.2. The molecule has 1 aliphatic rings. The first kappa shape index (κ1) is 11.2. The van der Waals surface area contributed by atoms with Gasteiger partial charge in [-0.25, -0.2) is 0 Å². The van der Waals surface area contributed by atoms with Gasteiger partial charge in [-0.2, -0.15) is 0 Å². The Labute approximate surface area is 75.1 Å². The Kier molecular flexibility index (Phi) is 7.02. The maximum absolute atomic E-state index is 5.02. The van der Waals surface area contributed by atoms with Gasteiger partial charge in [-0.3, -0.25) is 0 Å². The molecule has 1 unspecified atom stereocenters. The SMILES string of the molecule is COCCC1CCCNC1.Cl. The van der Waals surface area contributed by atoms with E-state index in [1.54, 1.807) is 7.11 Å². The Hall–Kier alpha value is 0.210. The minimum absolute atomic E-state index is 0. The van der Waals surface area contributed by atoms with Crippen LogP contribution in [0.5, 0.6) is 0 Å². The number of hydrogen-bond acceptors (Lipinski definition) is 2. The fourth-order valence-corrected chi connectivity index (χ4v) is 1.45. The predicted octanol–water partition coefficient (Wildman–Crippen LogP) is 1.44. The minimum atomic E-state index is 0. The van der Waals surface area contributed by atoms with Gasteiger partial charge in [0.15, 0.2) is 0 Å². The third-order valence-electron chi connectivity index (χ3n) is 2.13. The summed E-state index contributed by atoms with van der Waals surface area (Å²) in [6.07, 6.45) is 3.95. The summed E-state index contributed by atoms with van der Waals surface area (Å²) in [5.74, 6) is 0.869. The van der Waals surface area contributed by atoms with Crippen molar-refractivity contribution < 1.29 is 4.74 Å². The molecule has 0 aromatic rings. The molecule has 0 amide bonds. The van der Waals surface area contributed by atoms with Crippen LogP contribution in [0.15, 0.2) is 0 Å². The molecule has 1 fully saturated rings. The highest BCUT2D eigenvalue weighted by atomic mass is 35.5. The molecule has 2 nitrogen and oxygen atoms in total. The Morgan fingerprint density at radius 2 is 2.36 bits per heavy atom. The highest BCUT2D eigenvalue weighted by molar-refractivity contribution is 5.85. The monoisotopic (exact) mass is 179 g/mol. The standard InChI is InChI=1S/C8H17NO.ClH/c1-10-6-4-8-3-2-5-9-7-8;/h8-9H,2-7H2,1H3;1H. The summed E-state index contributed by atoms with van der Waals surface area (Å²) in [5.41, 5.74) is 0. The van der Waals surface area contributed by atoms with Gasteiger partial charge in [0.25, 0.3) is 0 Å². The van der Waals surface area contributed by atoms with Crippen molar-refractivity contribution in [2.75, 3.05) is 26.8 Å². The normalized spacial score (nSPS) is 24.3. The lowest BCUT2D eigenvalue weighted by Crippen LogP contribution is -2.30. The maximum Gasteiger partial charge on any atom is 0.0465 e. The fraction of sp³-hybridized carbons (Fsp3) is 1.00. The molecule has 1 N–H and O–H groups in total. The predicted molar refractivity (Wildman–Crippen MR) is 49.3 cm³/mol. The van der Waals surface area contributed by atoms with E-state index >= 15 is 0 Å². The molecule has 3 heteroatoms. The van der Waals surface area contributed by atoms with Gasteiger partial charge in [0.2, 0.25) is 0 Å². The van der Waals surface area contributed by atoms with Crippen LogP contribution in [0.4, 0.5) is 0 Å². The molecular formula is C8H18ClNO. The topological polar surface area (TPSA) is 21.3 Å². The molecule has 0 aromatic carbocycles. The summed E-state index contributed by atoms with van der Waals surface area (Å²) in [6, 6.07) is 0. The van der Waals surface area contributed by atoms with E-state index in [0.29, 0.717) is 0 Å². The molecule has 1 aliphatic heterocycles. The van der Waals surface area contributed by atoms with Crippen LogP contribution in [0, 0.1) is 5.92 Å². The minimum Gasteiger partial charge on any atom is -0.385 e. The summed E-state index contributed by atoms with van der Waals surface area (Å²) < 4.78 is 5.02. The van der Waals surface area contributed by atoms with E-state index in [4.69, 9.17) is 4.74 Å². The number of nitrogens with one attached hydrogen (secondary N) is 1. The average molecular weight is 180 g/mol. The maximum atomic E-state index is 5.02. The second-order valence-electron chi connectivity index (χ2n) is 2.99. The van der Waals surface area contributed by atoms with Gasteiger partial charge < -0.3 is 10.1 Å². The van der Waals surface area contributed by atoms with Gasteiger partial charge >= 0.3 is 0 Å². The Morgan fingerprint density at radius 1 is 1.55 bits per heavy atom. The third-order valence-corrected chi connectivity index (χ3v) is 2.13. The van der Waals surface area contributed by atoms with E-state index < -0.39 is 0 Å². The van der Waals surface area contributed by atoms with Gasteiger partial charge in [0.05, 0.1) is 0 Å². The van der Waals surface area contributed by atoms with Crippen LogP contribution in [-0.4, -0.2) is 26.8 Å². The second-order valence-corrected chi connectivity index (χ2v) is 2.99. The summed E-state index contributed by atoms with van der Waals surface area (Å²) in [5, 5.41) is 3.39. The first-order valence-corrected chi connectivity index (χ1v) is 4.13. The van der Waals surface area contributed by atoms with Gasteiger partial charge in [-0.1, -0.05) is 0 Å². The van der Waals surface area contributed by atoms with Crippen LogP contribution in [0.2, 0.25) is 0 Å². The van der Waals surface area contributed by atoms with E-state index in [-0.39, 0.29) is 12.4 Å².